The Bertz CT molecular complexity index is 290. The average Bonchev–Trinajstić information content (AvgIpc) is 2.27. The number of hydrogen-bond acceptors (Lipinski definition) is 4. The lowest BCUT2D eigenvalue weighted by Crippen LogP contribution is -2.47. The number of hydrogen-bond donors (Lipinski definition) is 3. The highest BCUT2D eigenvalue weighted by molar-refractivity contribution is 7.99. The Kier molecular flexibility index (Phi) is 5.54. The van der Waals surface area contributed by atoms with E-state index in [2.05, 4.69) is 22.9 Å². The Hall–Kier alpha value is -0.820. The van der Waals surface area contributed by atoms with Crippen LogP contribution in [0.3, 0.4) is 0 Å². The first-order valence-corrected chi connectivity index (χ1v) is 6.60. The van der Waals surface area contributed by atoms with Crippen LogP contribution in [0.4, 0.5) is 0 Å². The zero-order valence-electron chi connectivity index (χ0n) is 8.82. The van der Waals surface area contributed by atoms with Gasteiger partial charge in [0.1, 0.15) is 0 Å². The Morgan fingerprint density at radius 1 is 1.31 bits per heavy atom. The molecule has 0 atom stereocenters. The largest absolute Gasteiger partial charge is 0.392 e. The molecule has 1 aliphatic heterocycles. The SMILES string of the molecule is NC(=S)CNC(=O)C(=O)NC1CCSCC1. The zero-order valence-corrected chi connectivity index (χ0v) is 10.5. The minimum absolute atomic E-state index is 0.0576. The van der Waals surface area contributed by atoms with Crippen LogP contribution < -0.4 is 16.4 Å². The van der Waals surface area contributed by atoms with Crippen LogP contribution in [-0.4, -0.2) is 40.9 Å². The van der Waals surface area contributed by atoms with Gasteiger partial charge in [0.2, 0.25) is 0 Å². The highest BCUT2D eigenvalue weighted by atomic mass is 32.2. The molecule has 0 aromatic heterocycles. The number of thioether (sulfide) groups is 1. The smallest absolute Gasteiger partial charge is 0.309 e. The monoisotopic (exact) mass is 261 g/mol. The molecule has 1 aliphatic rings. The fraction of sp³-hybridized carbons (Fsp3) is 0.667. The van der Waals surface area contributed by atoms with E-state index in [-0.39, 0.29) is 17.6 Å². The van der Waals surface area contributed by atoms with Gasteiger partial charge in [-0.25, -0.2) is 0 Å². The third-order valence-electron chi connectivity index (χ3n) is 2.19. The predicted molar refractivity (Wildman–Crippen MR) is 68.3 cm³/mol. The van der Waals surface area contributed by atoms with E-state index in [1.54, 1.807) is 0 Å². The topological polar surface area (TPSA) is 84.2 Å². The second kappa shape index (κ2) is 6.70. The third-order valence-corrected chi connectivity index (χ3v) is 3.38. The van der Waals surface area contributed by atoms with Gasteiger partial charge in [0.05, 0.1) is 11.5 Å². The first kappa shape index (κ1) is 13.2. The molecule has 0 unspecified atom stereocenters. The molecule has 16 heavy (non-hydrogen) atoms. The Balaban J connectivity index is 2.27. The van der Waals surface area contributed by atoms with Crippen LogP contribution >= 0.6 is 24.0 Å². The van der Waals surface area contributed by atoms with Crippen molar-refractivity contribution in [1.82, 2.24) is 10.6 Å². The van der Waals surface area contributed by atoms with Gasteiger partial charge in [0.15, 0.2) is 0 Å². The average molecular weight is 261 g/mol. The van der Waals surface area contributed by atoms with Crippen LogP contribution in [0.2, 0.25) is 0 Å². The summed E-state index contributed by atoms with van der Waals surface area (Å²) in [5.41, 5.74) is 5.21. The lowest BCUT2D eigenvalue weighted by Gasteiger charge is -2.22. The quantitative estimate of drug-likeness (QED) is 0.467. The lowest BCUT2D eigenvalue weighted by atomic mass is 10.1. The normalized spacial score (nSPS) is 16.5. The van der Waals surface area contributed by atoms with E-state index in [0.717, 1.165) is 24.3 Å². The van der Waals surface area contributed by atoms with Crippen LogP contribution in [0.25, 0.3) is 0 Å². The molecule has 1 saturated heterocycles. The summed E-state index contributed by atoms with van der Waals surface area (Å²) in [4.78, 5) is 22.8. The van der Waals surface area contributed by atoms with Gasteiger partial charge < -0.3 is 16.4 Å². The Morgan fingerprint density at radius 2 is 1.94 bits per heavy atom. The van der Waals surface area contributed by atoms with Crippen molar-refractivity contribution in [2.24, 2.45) is 5.73 Å². The Labute approximate surface area is 104 Å². The molecule has 4 N–H and O–H groups in total. The number of nitrogens with one attached hydrogen (secondary N) is 2. The number of carbonyl (C=O) groups excluding carboxylic acids is 2. The van der Waals surface area contributed by atoms with Crippen molar-refractivity contribution < 1.29 is 9.59 Å². The summed E-state index contributed by atoms with van der Waals surface area (Å²) < 4.78 is 0. The fourth-order valence-electron chi connectivity index (χ4n) is 1.34. The van der Waals surface area contributed by atoms with Crippen LogP contribution in [0, 0.1) is 0 Å². The van der Waals surface area contributed by atoms with Gasteiger partial charge in [0, 0.05) is 6.04 Å². The van der Waals surface area contributed by atoms with E-state index in [4.69, 9.17) is 5.73 Å². The van der Waals surface area contributed by atoms with E-state index in [1.165, 1.54) is 0 Å². The molecule has 1 rings (SSSR count). The van der Waals surface area contributed by atoms with Crippen LogP contribution in [0.5, 0.6) is 0 Å². The fourth-order valence-corrected chi connectivity index (χ4v) is 2.52. The molecule has 2 amide bonds. The minimum Gasteiger partial charge on any atom is -0.392 e. The molecule has 0 spiro atoms. The van der Waals surface area contributed by atoms with Crippen molar-refractivity contribution in [3.8, 4) is 0 Å². The number of nitrogens with two attached hydrogens (primary N) is 1. The van der Waals surface area contributed by atoms with E-state index in [0.29, 0.717) is 0 Å². The molecule has 0 radical (unpaired) electrons. The molecule has 0 aromatic rings. The van der Waals surface area contributed by atoms with Crippen molar-refractivity contribution in [1.29, 1.82) is 0 Å². The first-order chi connectivity index (χ1) is 7.59. The molecular weight excluding hydrogens is 246 g/mol. The van der Waals surface area contributed by atoms with Gasteiger partial charge in [-0.3, -0.25) is 9.59 Å². The van der Waals surface area contributed by atoms with Crippen LogP contribution in [0.15, 0.2) is 0 Å². The minimum atomic E-state index is -0.675. The van der Waals surface area contributed by atoms with Crippen molar-refractivity contribution in [3.63, 3.8) is 0 Å². The maximum atomic E-state index is 11.4. The van der Waals surface area contributed by atoms with Crippen LogP contribution in [-0.2, 0) is 9.59 Å². The molecule has 1 heterocycles. The zero-order chi connectivity index (χ0) is 12.0. The molecule has 90 valence electrons. The van der Waals surface area contributed by atoms with Crippen molar-refractivity contribution in [2.45, 2.75) is 18.9 Å². The molecule has 1 fully saturated rings. The summed E-state index contributed by atoms with van der Waals surface area (Å²) in [7, 11) is 0. The van der Waals surface area contributed by atoms with E-state index >= 15 is 0 Å². The summed E-state index contributed by atoms with van der Waals surface area (Å²) in [6.07, 6.45) is 1.83. The van der Waals surface area contributed by atoms with E-state index in [1.807, 2.05) is 11.8 Å². The molecular formula is C9H15N3O2S2. The molecule has 0 saturated carbocycles. The molecule has 7 heteroatoms. The number of thiocarbonyl (C=S) groups is 1. The third kappa shape index (κ3) is 4.80. The number of rotatable bonds is 3. The van der Waals surface area contributed by atoms with Gasteiger partial charge >= 0.3 is 11.8 Å². The Morgan fingerprint density at radius 3 is 2.50 bits per heavy atom. The summed E-state index contributed by atoms with van der Waals surface area (Å²) in [6.45, 7) is 0.0576. The molecule has 0 aromatic carbocycles. The molecule has 0 aliphatic carbocycles. The predicted octanol–water partition coefficient (Wildman–Crippen LogP) is -0.600. The molecule has 0 bridgehead atoms. The maximum Gasteiger partial charge on any atom is 0.309 e. The van der Waals surface area contributed by atoms with Crippen molar-refractivity contribution >= 4 is 40.8 Å². The van der Waals surface area contributed by atoms with Crippen LogP contribution in [0.1, 0.15) is 12.8 Å². The molecule has 5 nitrogen and oxygen atoms in total. The van der Waals surface area contributed by atoms with Gasteiger partial charge in [-0.15, -0.1) is 0 Å². The highest BCUT2D eigenvalue weighted by Crippen LogP contribution is 2.16. The van der Waals surface area contributed by atoms with E-state index in [9.17, 15) is 9.59 Å². The second-order valence-corrected chi connectivity index (χ2v) is 5.26. The number of carbonyl (C=O) groups is 2. The second-order valence-electron chi connectivity index (χ2n) is 3.51. The van der Waals surface area contributed by atoms with Crippen molar-refractivity contribution in [2.75, 3.05) is 18.1 Å². The maximum absolute atomic E-state index is 11.4. The highest BCUT2D eigenvalue weighted by Gasteiger charge is 2.20. The number of amides is 2. The van der Waals surface area contributed by atoms with Gasteiger partial charge in [-0.05, 0) is 24.3 Å². The summed E-state index contributed by atoms with van der Waals surface area (Å²) in [5, 5.41) is 5.04. The lowest BCUT2D eigenvalue weighted by molar-refractivity contribution is -0.139. The van der Waals surface area contributed by atoms with Gasteiger partial charge in [0.25, 0.3) is 0 Å². The van der Waals surface area contributed by atoms with Gasteiger partial charge in [-0.1, -0.05) is 12.2 Å². The van der Waals surface area contributed by atoms with E-state index < -0.39 is 11.8 Å². The summed E-state index contributed by atoms with van der Waals surface area (Å²) in [6, 6.07) is 0.115. The van der Waals surface area contributed by atoms with Crippen molar-refractivity contribution in [3.05, 3.63) is 0 Å². The standard InChI is InChI=1S/C9H15N3O2S2/c10-7(15)5-11-8(13)9(14)12-6-1-3-16-4-2-6/h6H,1-5H2,(H2,10,15)(H,11,13)(H,12,14). The summed E-state index contributed by atoms with van der Waals surface area (Å²) in [5.74, 6) is 0.776. The van der Waals surface area contributed by atoms with Gasteiger partial charge in [-0.2, -0.15) is 11.8 Å². The summed E-state index contributed by atoms with van der Waals surface area (Å²) >= 11 is 6.45. The first-order valence-electron chi connectivity index (χ1n) is 5.04.